The van der Waals surface area contributed by atoms with Gasteiger partial charge in [0.15, 0.2) is 0 Å². The van der Waals surface area contributed by atoms with E-state index in [2.05, 4.69) is 9.97 Å². The molecular weight excluding hydrogens is 343 g/mol. The fourth-order valence-electron chi connectivity index (χ4n) is 2.46. The molecule has 0 aliphatic heterocycles. The molecule has 0 fully saturated rings. The molecule has 2 N–H and O–H groups in total. The lowest BCUT2D eigenvalue weighted by atomic mass is 9.93. The van der Waals surface area contributed by atoms with Gasteiger partial charge in [-0.3, -0.25) is 0 Å². The number of para-hydroxylation sites is 2. The van der Waals surface area contributed by atoms with Gasteiger partial charge in [0.1, 0.15) is 11.9 Å². The normalized spacial score (nSPS) is 14.9. The van der Waals surface area contributed by atoms with Crippen molar-refractivity contribution in [2.45, 2.75) is 15.8 Å². The first-order valence-electron chi connectivity index (χ1n) is 6.71. The molecule has 3 aromatic rings. The Morgan fingerprint density at radius 2 is 1.59 bits per heavy atom. The van der Waals surface area contributed by atoms with Gasteiger partial charge < -0.3 is 10.1 Å². The van der Waals surface area contributed by atoms with Crippen molar-refractivity contribution in [1.82, 2.24) is 9.97 Å². The second-order valence-electron chi connectivity index (χ2n) is 5.01. The Labute approximate surface area is 142 Å². The molecule has 6 heteroatoms. The molecule has 3 rings (SSSR count). The van der Waals surface area contributed by atoms with Crippen LogP contribution in [-0.2, 0) is 0 Å². The monoisotopic (exact) mass is 354 g/mol. The molecule has 0 saturated carbocycles. The largest absolute Gasteiger partial charge is 0.388 e. The number of benzene rings is 2. The molecule has 0 spiro atoms. The summed E-state index contributed by atoms with van der Waals surface area (Å²) in [6.07, 6.45) is -1.24. The molecule has 2 unspecified atom stereocenters. The van der Waals surface area contributed by atoms with Gasteiger partial charge in [0, 0.05) is 0 Å². The molecule has 0 amide bonds. The molecule has 3 nitrogen and oxygen atoms in total. The number of rotatable bonds is 3. The summed E-state index contributed by atoms with van der Waals surface area (Å²) in [7, 11) is 0. The summed E-state index contributed by atoms with van der Waals surface area (Å²) in [5.41, 5.74) is 2.49. The van der Waals surface area contributed by atoms with Gasteiger partial charge >= 0.3 is 0 Å². The smallest absolute Gasteiger partial charge is 0.217 e. The molecule has 0 bridgehead atoms. The number of hydrogen-bond acceptors (Lipinski definition) is 2. The molecular formula is C16H13Cl3N2O. The Hall–Kier alpha value is -1.26. The van der Waals surface area contributed by atoms with Crippen LogP contribution >= 0.6 is 34.8 Å². The minimum absolute atomic E-state index is 0.561. The Morgan fingerprint density at radius 1 is 0.955 bits per heavy atom. The van der Waals surface area contributed by atoms with Crippen molar-refractivity contribution in [3.63, 3.8) is 0 Å². The summed E-state index contributed by atoms with van der Waals surface area (Å²) in [6.45, 7) is 0. The SMILES string of the molecule is OC(C(c1ccccc1)c1nc2ccccc2[nH]1)C(Cl)(Cl)Cl. The second-order valence-corrected chi connectivity index (χ2v) is 7.38. The van der Waals surface area contributed by atoms with Crippen molar-refractivity contribution in [1.29, 1.82) is 0 Å². The highest BCUT2D eigenvalue weighted by atomic mass is 35.6. The third-order valence-electron chi connectivity index (χ3n) is 3.51. The van der Waals surface area contributed by atoms with Crippen LogP contribution in [0.15, 0.2) is 54.6 Å². The number of aliphatic hydroxyl groups excluding tert-OH is 1. The maximum absolute atomic E-state index is 10.5. The number of H-pyrrole nitrogens is 1. The molecule has 0 saturated heterocycles. The van der Waals surface area contributed by atoms with Crippen LogP contribution in [0.1, 0.15) is 17.3 Å². The third kappa shape index (κ3) is 3.08. The van der Waals surface area contributed by atoms with Gasteiger partial charge in [-0.2, -0.15) is 0 Å². The van der Waals surface area contributed by atoms with E-state index in [9.17, 15) is 5.11 Å². The predicted octanol–water partition coefficient (Wildman–Crippen LogP) is 4.43. The summed E-state index contributed by atoms with van der Waals surface area (Å²) < 4.78 is -1.82. The van der Waals surface area contributed by atoms with Gasteiger partial charge in [0.25, 0.3) is 0 Å². The number of hydrogen-bond donors (Lipinski definition) is 2. The maximum Gasteiger partial charge on any atom is 0.217 e. The van der Waals surface area contributed by atoms with Gasteiger partial charge in [-0.25, -0.2) is 4.98 Å². The molecule has 22 heavy (non-hydrogen) atoms. The number of aromatic nitrogens is 2. The fourth-order valence-corrected chi connectivity index (χ4v) is 2.84. The highest BCUT2D eigenvalue weighted by Gasteiger charge is 2.40. The van der Waals surface area contributed by atoms with E-state index in [4.69, 9.17) is 34.8 Å². The Kier molecular flexibility index (Phi) is 4.33. The summed E-state index contributed by atoms with van der Waals surface area (Å²) in [6, 6.07) is 17.0. The van der Waals surface area contributed by atoms with E-state index in [0.717, 1.165) is 16.6 Å². The average Bonchev–Trinajstić information content (AvgIpc) is 2.91. The van der Waals surface area contributed by atoms with Crippen molar-refractivity contribution in [2.24, 2.45) is 0 Å². The number of alkyl halides is 3. The highest BCUT2D eigenvalue weighted by molar-refractivity contribution is 6.68. The van der Waals surface area contributed by atoms with Gasteiger partial charge in [-0.1, -0.05) is 77.3 Å². The van der Waals surface area contributed by atoms with Crippen LogP contribution in [0, 0.1) is 0 Å². The first-order valence-corrected chi connectivity index (χ1v) is 7.84. The van der Waals surface area contributed by atoms with Crippen LogP contribution in [0.5, 0.6) is 0 Å². The zero-order valence-electron chi connectivity index (χ0n) is 11.4. The summed E-state index contributed by atoms with van der Waals surface area (Å²) in [5, 5.41) is 10.5. The van der Waals surface area contributed by atoms with Crippen molar-refractivity contribution in [3.05, 3.63) is 66.0 Å². The van der Waals surface area contributed by atoms with Crippen LogP contribution in [0.3, 0.4) is 0 Å². The van der Waals surface area contributed by atoms with Crippen LogP contribution < -0.4 is 0 Å². The number of halogens is 3. The first-order chi connectivity index (χ1) is 10.5. The van der Waals surface area contributed by atoms with Crippen molar-refractivity contribution < 1.29 is 5.11 Å². The molecule has 1 aromatic heterocycles. The fraction of sp³-hybridized carbons (Fsp3) is 0.188. The number of nitrogens with one attached hydrogen (secondary N) is 1. The standard InChI is InChI=1S/C16H13Cl3N2O/c17-16(18,19)14(22)13(10-6-2-1-3-7-10)15-20-11-8-4-5-9-12(11)21-15/h1-9,13-14,22H,(H,20,21). The molecule has 114 valence electrons. The van der Waals surface area contributed by atoms with Crippen LogP contribution in [0.25, 0.3) is 11.0 Å². The van der Waals surface area contributed by atoms with E-state index < -0.39 is 15.8 Å². The minimum Gasteiger partial charge on any atom is -0.388 e. The molecule has 2 aromatic carbocycles. The van der Waals surface area contributed by atoms with Crippen molar-refractivity contribution >= 4 is 45.8 Å². The third-order valence-corrected chi connectivity index (χ3v) is 4.18. The number of aromatic amines is 1. The second kappa shape index (κ2) is 6.09. The molecule has 0 radical (unpaired) electrons. The van der Waals surface area contributed by atoms with E-state index in [-0.39, 0.29) is 0 Å². The Morgan fingerprint density at radius 3 is 2.23 bits per heavy atom. The minimum atomic E-state index is -1.82. The average molecular weight is 356 g/mol. The summed E-state index contributed by atoms with van der Waals surface area (Å²) >= 11 is 17.7. The Bertz CT molecular complexity index is 735. The topological polar surface area (TPSA) is 48.9 Å². The zero-order chi connectivity index (χ0) is 15.7. The van der Waals surface area contributed by atoms with E-state index in [0.29, 0.717) is 5.82 Å². The Balaban J connectivity index is 2.12. The lowest BCUT2D eigenvalue weighted by molar-refractivity contribution is 0.158. The zero-order valence-corrected chi connectivity index (χ0v) is 13.6. The molecule has 1 heterocycles. The number of nitrogens with zero attached hydrogens (tertiary/aromatic N) is 1. The van der Waals surface area contributed by atoms with E-state index in [1.54, 1.807) is 0 Å². The number of aliphatic hydroxyl groups is 1. The molecule has 2 atom stereocenters. The molecule has 0 aliphatic carbocycles. The summed E-state index contributed by atoms with van der Waals surface area (Å²) in [5.74, 6) is -0.00711. The van der Waals surface area contributed by atoms with Crippen LogP contribution in [0.4, 0.5) is 0 Å². The van der Waals surface area contributed by atoms with E-state index in [1.807, 2.05) is 54.6 Å². The summed E-state index contributed by atoms with van der Waals surface area (Å²) in [4.78, 5) is 7.73. The van der Waals surface area contributed by atoms with Gasteiger partial charge in [-0.05, 0) is 17.7 Å². The van der Waals surface area contributed by atoms with Gasteiger partial charge in [-0.15, -0.1) is 0 Å². The quantitative estimate of drug-likeness (QED) is 0.683. The highest BCUT2D eigenvalue weighted by Crippen LogP contribution is 2.40. The number of imidazole rings is 1. The molecule has 0 aliphatic rings. The van der Waals surface area contributed by atoms with Crippen LogP contribution in [0.2, 0.25) is 0 Å². The maximum atomic E-state index is 10.5. The number of fused-ring (bicyclic) bond motifs is 1. The first kappa shape index (κ1) is 15.6. The lowest BCUT2D eigenvalue weighted by Gasteiger charge is -2.27. The predicted molar refractivity (Wildman–Crippen MR) is 90.7 cm³/mol. The van der Waals surface area contributed by atoms with Crippen molar-refractivity contribution in [2.75, 3.05) is 0 Å². The lowest BCUT2D eigenvalue weighted by Crippen LogP contribution is -2.33. The van der Waals surface area contributed by atoms with Crippen LogP contribution in [-0.4, -0.2) is 25.0 Å². The van der Waals surface area contributed by atoms with Crippen molar-refractivity contribution in [3.8, 4) is 0 Å². The van der Waals surface area contributed by atoms with E-state index in [1.165, 1.54) is 0 Å². The van der Waals surface area contributed by atoms with Gasteiger partial charge in [0.2, 0.25) is 3.79 Å². The van der Waals surface area contributed by atoms with Gasteiger partial charge in [0.05, 0.1) is 17.0 Å². The van der Waals surface area contributed by atoms with E-state index >= 15 is 0 Å².